The van der Waals surface area contributed by atoms with Crippen LogP contribution in [0.3, 0.4) is 0 Å². The van der Waals surface area contributed by atoms with Crippen LogP contribution in [0.5, 0.6) is 5.75 Å². The van der Waals surface area contributed by atoms with Crippen molar-refractivity contribution in [1.29, 1.82) is 0 Å². The second kappa shape index (κ2) is 10.8. The van der Waals surface area contributed by atoms with Crippen LogP contribution in [0, 0.1) is 0 Å². The number of esters is 1. The van der Waals surface area contributed by atoms with Gasteiger partial charge in [0.2, 0.25) is 11.8 Å². The Hall–Kier alpha value is -3.31. The first-order valence-corrected chi connectivity index (χ1v) is 15.0. The number of benzene rings is 2. The van der Waals surface area contributed by atoms with Crippen LogP contribution in [0.15, 0.2) is 65.6 Å². The van der Waals surface area contributed by atoms with Crippen molar-refractivity contribution in [3.8, 4) is 5.75 Å². The number of thioether (sulfide) groups is 1. The van der Waals surface area contributed by atoms with E-state index in [4.69, 9.17) is 9.47 Å². The van der Waals surface area contributed by atoms with Crippen molar-refractivity contribution in [2.75, 3.05) is 12.9 Å². The molecule has 9 nitrogen and oxygen atoms in total. The van der Waals surface area contributed by atoms with E-state index >= 15 is 0 Å². The highest BCUT2D eigenvalue weighted by molar-refractivity contribution is 8.03. The van der Waals surface area contributed by atoms with Crippen LogP contribution in [-0.4, -0.2) is 66.7 Å². The van der Waals surface area contributed by atoms with Crippen molar-refractivity contribution in [2.24, 2.45) is 0 Å². The van der Waals surface area contributed by atoms with E-state index in [0.29, 0.717) is 24.2 Å². The number of nitrogens with zero attached hydrogens (tertiary/aromatic N) is 1. The zero-order valence-electron chi connectivity index (χ0n) is 20.7. The van der Waals surface area contributed by atoms with Crippen LogP contribution in [-0.2, 0) is 42.0 Å². The van der Waals surface area contributed by atoms with Gasteiger partial charge in [-0.2, -0.15) is 0 Å². The SMILES string of the molecule is COc1ccc(COC(=O)C2C(C3CCCS3(=O)=O)=CS[C@@H]3[C@H](NC(=O)Cc4ccccc4)C(=O)N23)cc1. The zero-order chi connectivity index (χ0) is 26.9. The number of amides is 2. The third kappa shape index (κ3) is 5.17. The summed E-state index contributed by atoms with van der Waals surface area (Å²) in [5.41, 5.74) is 1.91. The number of ether oxygens (including phenoxy) is 2. The Bertz CT molecular complexity index is 1360. The number of carbonyl (C=O) groups excluding carboxylic acids is 3. The van der Waals surface area contributed by atoms with Gasteiger partial charge in [-0.25, -0.2) is 13.2 Å². The van der Waals surface area contributed by atoms with Gasteiger partial charge in [-0.1, -0.05) is 42.5 Å². The molecule has 2 unspecified atom stereocenters. The number of methoxy groups -OCH3 is 1. The predicted octanol–water partition coefficient (Wildman–Crippen LogP) is 2.21. The Morgan fingerprint density at radius 2 is 1.82 bits per heavy atom. The Morgan fingerprint density at radius 3 is 2.47 bits per heavy atom. The van der Waals surface area contributed by atoms with E-state index in [1.165, 1.54) is 16.7 Å². The molecule has 2 amide bonds. The minimum absolute atomic E-state index is 0.0406. The topological polar surface area (TPSA) is 119 Å². The lowest BCUT2D eigenvalue weighted by Gasteiger charge is -2.52. The maximum Gasteiger partial charge on any atom is 0.333 e. The minimum Gasteiger partial charge on any atom is -0.497 e. The Balaban J connectivity index is 1.34. The van der Waals surface area contributed by atoms with Crippen LogP contribution in [0.4, 0.5) is 0 Å². The highest BCUT2D eigenvalue weighted by atomic mass is 32.2. The molecule has 2 saturated heterocycles. The molecule has 5 rings (SSSR count). The molecule has 0 saturated carbocycles. The first-order chi connectivity index (χ1) is 18.3. The number of hydrogen-bond donors (Lipinski definition) is 1. The van der Waals surface area contributed by atoms with Gasteiger partial charge in [-0.3, -0.25) is 9.59 Å². The molecule has 2 aromatic carbocycles. The molecular weight excluding hydrogens is 528 g/mol. The molecule has 2 aromatic rings. The third-order valence-corrected chi connectivity index (χ3v) is 10.4. The summed E-state index contributed by atoms with van der Waals surface area (Å²) in [7, 11) is -1.89. The number of hydrogen-bond acceptors (Lipinski definition) is 8. The normalized spacial score (nSPS) is 25.6. The maximum absolute atomic E-state index is 13.4. The van der Waals surface area contributed by atoms with E-state index in [2.05, 4.69) is 5.32 Å². The molecule has 11 heteroatoms. The second-order valence-electron chi connectivity index (χ2n) is 9.45. The molecule has 4 atom stereocenters. The average Bonchev–Trinajstić information content (AvgIpc) is 3.28. The van der Waals surface area contributed by atoms with Crippen molar-refractivity contribution in [1.82, 2.24) is 10.2 Å². The van der Waals surface area contributed by atoms with E-state index < -0.39 is 44.4 Å². The van der Waals surface area contributed by atoms with Crippen LogP contribution in [0.25, 0.3) is 0 Å². The van der Waals surface area contributed by atoms with Crippen LogP contribution >= 0.6 is 11.8 Å². The molecule has 3 heterocycles. The van der Waals surface area contributed by atoms with Gasteiger partial charge in [0.15, 0.2) is 15.9 Å². The highest BCUT2D eigenvalue weighted by Crippen LogP contribution is 2.44. The number of carbonyl (C=O) groups is 3. The van der Waals surface area contributed by atoms with Gasteiger partial charge >= 0.3 is 5.97 Å². The molecule has 0 radical (unpaired) electrons. The molecule has 200 valence electrons. The summed E-state index contributed by atoms with van der Waals surface area (Å²) in [4.78, 5) is 40.7. The van der Waals surface area contributed by atoms with Gasteiger partial charge in [0.1, 0.15) is 23.8 Å². The Labute approximate surface area is 225 Å². The molecule has 3 aliphatic rings. The standard InChI is InChI=1S/C27H28N2O7S2/c1-35-19-11-9-18(10-12-19)15-36-27(32)24-20(21-8-5-13-38(21,33)34)16-37-26-23(25(31)29(24)26)28-22(30)14-17-6-3-2-4-7-17/h2-4,6-7,9-12,16,21,23-24,26H,5,8,13-15H2,1H3,(H,28,30)/t21?,23-,24?,26-/m1/s1. The summed E-state index contributed by atoms with van der Waals surface area (Å²) < 4.78 is 36.3. The van der Waals surface area contributed by atoms with Gasteiger partial charge in [-0.05, 0) is 47.1 Å². The van der Waals surface area contributed by atoms with Crippen molar-refractivity contribution in [3.05, 3.63) is 76.7 Å². The fourth-order valence-electron chi connectivity index (χ4n) is 5.04. The molecule has 0 bridgehead atoms. The fraction of sp³-hybridized carbons (Fsp3) is 0.370. The first-order valence-electron chi connectivity index (χ1n) is 12.3. The van der Waals surface area contributed by atoms with E-state index in [9.17, 15) is 22.8 Å². The minimum atomic E-state index is -3.44. The third-order valence-electron chi connectivity index (χ3n) is 7.01. The van der Waals surface area contributed by atoms with Crippen molar-refractivity contribution in [3.63, 3.8) is 0 Å². The zero-order valence-corrected chi connectivity index (χ0v) is 22.4. The molecular formula is C27H28N2O7S2. The fourth-order valence-corrected chi connectivity index (χ4v) is 8.40. The maximum atomic E-state index is 13.4. The first kappa shape index (κ1) is 26.3. The van der Waals surface area contributed by atoms with Gasteiger partial charge in [-0.15, -0.1) is 11.8 Å². The Kier molecular flexibility index (Phi) is 7.49. The van der Waals surface area contributed by atoms with Gasteiger partial charge < -0.3 is 19.7 Å². The van der Waals surface area contributed by atoms with E-state index in [0.717, 1.165) is 11.1 Å². The highest BCUT2D eigenvalue weighted by Gasteiger charge is 2.58. The van der Waals surface area contributed by atoms with Gasteiger partial charge in [0, 0.05) is 0 Å². The van der Waals surface area contributed by atoms with Gasteiger partial charge in [0.05, 0.1) is 24.5 Å². The molecule has 3 aliphatic heterocycles. The van der Waals surface area contributed by atoms with E-state index in [-0.39, 0.29) is 24.7 Å². The number of rotatable bonds is 8. The molecule has 0 spiro atoms. The van der Waals surface area contributed by atoms with Gasteiger partial charge in [0.25, 0.3) is 0 Å². The molecule has 0 aliphatic carbocycles. The molecule has 2 fully saturated rings. The lowest BCUT2D eigenvalue weighted by atomic mass is 9.94. The number of sulfone groups is 1. The average molecular weight is 557 g/mol. The summed E-state index contributed by atoms with van der Waals surface area (Å²) >= 11 is 1.25. The predicted molar refractivity (Wildman–Crippen MR) is 142 cm³/mol. The Morgan fingerprint density at radius 1 is 1.08 bits per heavy atom. The largest absolute Gasteiger partial charge is 0.497 e. The summed E-state index contributed by atoms with van der Waals surface area (Å²) in [6, 6.07) is 14.2. The number of nitrogens with one attached hydrogen (secondary N) is 1. The molecule has 38 heavy (non-hydrogen) atoms. The summed E-state index contributed by atoms with van der Waals surface area (Å²) in [6.45, 7) is -0.0406. The lowest BCUT2D eigenvalue weighted by Crippen LogP contribution is -2.74. The summed E-state index contributed by atoms with van der Waals surface area (Å²) in [6.07, 6.45) is 1.01. The lowest BCUT2D eigenvalue weighted by molar-refractivity contribution is -0.164. The molecule has 1 N–H and O–H groups in total. The van der Waals surface area contributed by atoms with Crippen molar-refractivity contribution >= 4 is 39.4 Å². The molecule has 0 aromatic heterocycles. The summed E-state index contributed by atoms with van der Waals surface area (Å²) in [5, 5.41) is 3.08. The van der Waals surface area contributed by atoms with Crippen molar-refractivity contribution in [2.45, 2.75) is 48.6 Å². The van der Waals surface area contributed by atoms with Crippen LogP contribution < -0.4 is 10.1 Å². The second-order valence-corrected chi connectivity index (χ2v) is 12.7. The van der Waals surface area contributed by atoms with Crippen LogP contribution in [0.1, 0.15) is 24.0 Å². The van der Waals surface area contributed by atoms with E-state index in [1.54, 1.807) is 36.8 Å². The monoisotopic (exact) mass is 556 g/mol. The quantitative estimate of drug-likeness (QED) is 0.388. The smallest absolute Gasteiger partial charge is 0.333 e. The summed E-state index contributed by atoms with van der Waals surface area (Å²) in [5.74, 6) is -0.724. The number of fused-ring (bicyclic) bond motifs is 1. The van der Waals surface area contributed by atoms with E-state index in [1.807, 2.05) is 30.3 Å². The van der Waals surface area contributed by atoms with Crippen molar-refractivity contribution < 1.29 is 32.3 Å². The number of β-lactam (4-membered cyclic amide) rings is 1. The van der Waals surface area contributed by atoms with Crippen LogP contribution in [0.2, 0.25) is 0 Å².